The second kappa shape index (κ2) is 7.71. The number of anilines is 1. The van der Waals surface area contributed by atoms with E-state index in [1.165, 1.54) is 5.56 Å². The van der Waals surface area contributed by atoms with E-state index in [2.05, 4.69) is 57.1 Å². The summed E-state index contributed by atoms with van der Waals surface area (Å²) in [6, 6.07) is 14.6. The van der Waals surface area contributed by atoms with Crippen LogP contribution in [0.3, 0.4) is 0 Å². The Morgan fingerprint density at radius 2 is 1.90 bits per heavy atom. The number of nitrogens with zero attached hydrogens (tertiary/aromatic N) is 5. The van der Waals surface area contributed by atoms with E-state index in [9.17, 15) is 0 Å². The molecule has 1 saturated heterocycles. The molecule has 150 valence electrons. The van der Waals surface area contributed by atoms with E-state index in [0.717, 1.165) is 53.5 Å². The van der Waals surface area contributed by atoms with Crippen molar-refractivity contribution in [1.82, 2.24) is 24.9 Å². The molecule has 0 bridgehead atoms. The molecule has 6 nitrogen and oxygen atoms in total. The maximum atomic E-state index is 4.87. The van der Waals surface area contributed by atoms with Crippen molar-refractivity contribution in [2.24, 2.45) is 0 Å². The van der Waals surface area contributed by atoms with Crippen LogP contribution in [-0.2, 0) is 0 Å². The maximum Gasteiger partial charge on any atom is 0.163 e. The highest BCUT2D eigenvalue weighted by Crippen LogP contribution is 2.35. The average molecular weight is 396 g/mol. The summed E-state index contributed by atoms with van der Waals surface area (Å²) in [5.41, 5.74) is 5.33. The molecule has 5 rings (SSSR count). The Kier molecular flexibility index (Phi) is 4.75. The summed E-state index contributed by atoms with van der Waals surface area (Å²) in [6.45, 7) is 5.07. The normalized spacial score (nSPS) is 16.2. The third kappa shape index (κ3) is 3.56. The van der Waals surface area contributed by atoms with Crippen molar-refractivity contribution in [3.05, 3.63) is 78.1 Å². The minimum absolute atomic E-state index is 0.180. The summed E-state index contributed by atoms with van der Waals surface area (Å²) < 4.78 is 0. The Labute approximate surface area is 176 Å². The van der Waals surface area contributed by atoms with E-state index in [0.29, 0.717) is 5.82 Å². The van der Waals surface area contributed by atoms with Gasteiger partial charge in [-0.05, 0) is 50.5 Å². The van der Waals surface area contributed by atoms with Crippen LogP contribution in [0, 0.1) is 13.8 Å². The predicted molar refractivity (Wildman–Crippen MR) is 118 cm³/mol. The molecule has 0 radical (unpaired) electrons. The van der Waals surface area contributed by atoms with Gasteiger partial charge in [-0.3, -0.25) is 4.98 Å². The molecule has 1 N–H and O–H groups in total. The smallest absolute Gasteiger partial charge is 0.163 e. The van der Waals surface area contributed by atoms with Crippen LogP contribution in [0.2, 0.25) is 0 Å². The van der Waals surface area contributed by atoms with Crippen LogP contribution in [0.15, 0.2) is 61.1 Å². The first-order valence-electron chi connectivity index (χ1n) is 10.3. The van der Waals surface area contributed by atoms with Crippen LogP contribution in [0.1, 0.15) is 36.0 Å². The summed E-state index contributed by atoms with van der Waals surface area (Å²) in [6.07, 6.45) is 7.66. The summed E-state index contributed by atoms with van der Waals surface area (Å²) in [5, 5.41) is 0. The molecular weight excluding hydrogens is 372 g/mol. The Morgan fingerprint density at radius 1 is 1.00 bits per heavy atom. The Balaban J connectivity index is 1.47. The van der Waals surface area contributed by atoms with E-state index in [1.54, 1.807) is 12.4 Å². The molecule has 1 fully saturated rings. The molecule has 3 aromatic heterocycles. The van der Waals surface area contributed by atoms with Gasteiger partial charge in [0.1, 0.15) is 11.6 Å². The highest BCUT2D eigenvalue weighted by atomic mass is 15.3. The van der Waals surface area contributed by atoms with Gasteiger partial charge in [-0.15, -0.1) is 0 Å². The molecule has 1 aliphatic rings. The van der Waals surface area contributed by atoms with E-state index in [-0.39, 0.29) is 6.04 Å². The lowest BCUT2D eigenvalue weighted by Crippen LogP contribution is -2.25. The van der Waals surface area contributed by atoms with Crippen molar-refractivity contribution in [3.63, 3.8) is 0 Å². The molecule has 4 aromatic rings. The zero-order valence-electron chi connectivity index (χ0n) is 17.2. The topological polar surface area (TPSA) is 70.6 Å². The minimum Gasteiger partial charge on any atom is -0.346 e. The lowest BCUT2D eigenvalue weighted by atomic mass is 10.1. The third-order valence-electron chi connectivity index (χ3n) is 5.55. The highest BCUT2D eigenvalue weighted by Gasteiger charge is 2.30. The van der Waals surface area contributed by atoms with Gasteiger partial charge >= 0.3 is 0 Å². The Bertz CT molecular complexity index is 1170. The van der Waals surface area contributed by atoms with Gasteiger partial charge in [0, 0.05) is 36.3 Å². The molecule has 0 amide bonds. The molecule has 30 heavy (non-hydrogen) atoms. The van der Waals surface area contributed by atoms with E-state index < -0.39 is 0 Å². The zero-order valence-corrected chi connectivity index (χ0v) is 17.2. The fourth-order valence-corrected chi connectivity index (χ4v) is 4.11. The van der Waals surface area contributed by atoms with E-state index in [1.807, 2.05) is 25.3 Å². The third-order valence-corrected chi connectivity index (χ3v) is 5.55. The van der Waals surface area contributed by atoms with Gasteiger partial charge < -0.3 is 9.88 Å². The molecule has 0 spiro atoms. The molecule has 1 aromatic carbocycles. The Morgan fingerprint density at radius 3 is 2.73 bits per heavy atom. The summed E-state index contributed by atoms with van der Waals surface area (Å²) in [5.74, 6) is 2.64. The summed E-state index contributed by atoms with van der Waals surface area (Å²) in [4.78, 5) is 24.3. The van der Waals surface area contributed by atoms with Crippen LogP contribution in [-0.4, -0.2) is 31.5 Å². The van der Waals surface area contributed by atoms with Crippen molar-refractivity contribution in [2.75, 3.05) is 11.4 Å². The van der Waals surface area contributed by atoms with Gasteiger partial charge in [0.15, 0.2) is 5.82 Å². The first-order valence-corrected chi connectivity index (χ1v) is 10.3. The number of aromatic amines is 1. The number of rotatable bonds is 4. The number of hydrogen-bond acceptors (Lipinski definition) is 5. The van der Waals surface area contributed by atoms with Crippen molar-refractivity contribution in [3.8, 4) is 22.6 Å². The summed E-state index contributed by atoms with van der Waals surface area (Å²) >= 11 is 0. The SMILES string of the molecule is Cc1cccc(-c2cnc(C3CCCN3c3cc(C)nc(-c4cccnc4)n3)[nH]2)c1. The highest BCUT2D eigenvalue weighted by molar-refractivity contribution is 5.60. The molecule has 0 saturated carbocycles. The number of imidazole rings is 1. The molecule has 4 heterocycles. The molecule has 1 unspecified atom stereocenters. The van der Waals surface area contributed by atoms with Crippen LogP contribution in [0.4, 0.5) is 5.82 Å². The first-order chi connectivity index (χ1) is 14.7. The predicted octanol–water partition coefficient (Wildman–Crippen LogP) is 4.89. The van der Waals surface area contributed by atoms with Crippen molar-refractivity contribution >= 4 is 5.82 Å². The summed E-state index contributed by atoms with van der Waals surface area (Å²) in [7, 11) is 0. The van der Waals surface area contributed by atoms with Crippen molar-refractivity contribution in [1.29, 1.82) is 0 Å². The molecule has 1 atom stereocenters. The number of nitrogens with one attached hydrogen (secondary N) is 1. The first kappa shape index (κ1) is 18.5. The number of aromatic nitrogens is 5. The van der Waals surface area contributed by atoms with Gasteiger partial charge in [0.2, 0.25) is 0 Å². The van der Waals surface area contributed by atoms with E-state index >= 15 is 0 Å². The number of aryl methyl sites for hydroxylation is 2. The Hall–Kier alpha value is -3.54. The van der Waals surface area contributed by atoms with Gasteiger partial charge in [-0.1, -0.05) is 23.8 Å². The molecular formula is C24H24N6. The van der Waals surface area contributed by atoms with Crippen LogP contribution < -0.4 is 4.90 Å². The molecule has 6 heteroatoms. The lowest BCUT2D eigenvalue weighted by molar-refractivity contribution is 0.669. The maximum absolute atomic E-state index is 4.87. The minimum atomic E-state index is 0.180. The van der Waals surface area contributed by atoms with Crippen LogP contribution >= 0.6 is 0 Å². The average Bonchev–Trinajstić information content (AvgIpc) is 3.43. The molecule has 0 aliphatic carbocycles. The molecule has 1 aliphatic heterocycles. The monoisotopic (exact) mass is 396 g/mol. The fourth-order valence-electron chi connectivity index (χ4n) is 4.11. The van der Waals surface area contributed by atoms with Crippen LogP contribution in [0.5, 0.6) is 0 Å². The van der Waals surface area contributed by atoms with Gasteiger partial charge in [-0.2, -0.15) is 0 Å². The van der Waals surface area contributed by atoms with Crippen molar-refractivity contribution in [2.45, 2.75) is 32.7 Å². The largest absolute Gasteiger partial charge is 0.346 e. The lowest BCUT2D eigenvalue weighted by Gasteiger charge is -2.25. The van der Waals surface area contributed by atoms with Crippen molar-refractivity contribution < 1.29 is 0 Å². The second-order valence-corrected chi connectivity index (χ2v) is 7.84. The standard InChI is InChI=1S/C24H24N6/c1-16-6-3-7-18(12-16)20-15-26-24(28-20)21-9-5-11-30(21)22-13-17(2)27-23(29-22)19-8-4-10-25-14-19/h3-4,6-8,10,12-15,21H,5,9,11H2,1-2H3,(H,26,28). The number of pyridine rings is 1. The number of H-pyrrole nitrogens is 1. The van der Waals surface area contributed by atoms with Gasteiger partial charge in [-0.25, -0.2) is 15.0 Å². The van der Waals surface area contributed by atoms with Gasteiger partial charge in [0.05, 0.1) is 17.9 Å². The number of hydrogen-bond donors (Lipinski definition) is 1. The zero-order chi connectivity index (χ0) is 20.5. The number of benzene rings is 1. The second-order valence-electron chi connectivity index (χ2n) is 7.84. The fraction of sp³-hybridized carbons (Fsp3) is 0.250. The van der Waals surface area contributed by atoms with Gasteiger partial charge in [0.25, 0.3) is 0 Å². The van der Waals surface area contributed by atoms with Crippen LogP contribution in [0.25, 0.3) is 22.6 Å². The quantitative estimate of drug-likeness (QED) is 0.532. The van der Waals surface area contributed by atoms with E-state index in [4.69, 9.17) is 9.97 Å².